The average molecular weight is 351 g/mol. The molecule has 6 heteroatoms. The van der Waals surface area contributed by atoms with Crippen LogP contribution in [-0.4, -0.2) is 27.5 Å². The molecule has 4 rings (SSSR count). The van der Waals surface area contributed by atoms with Gasteiger partial charge >= 0.3 is 0 Å². The van der Waals surface area contributed by atoms with E-state index in [0.29, 0.717) is 6.04 Å². The molecule has 1 aromatic carbocycles. The van der Waals surface area contributed by atoms with Crippen molar-refractivity contribution in [3.05, 3.63) is 54.6 Å². The first kappa shape index (κ1) is 16.2. The Hall–Kier alpha value is -2.31. The van der Waals surface area contributed by atoms with E-state index < -0.39 is 0 Å². The summed E-state index contributed by atoms with van der Waals surface area (Å²) in [5.41, 5.74) is 2.20. The van der Waals surface area contributed by atoms with Gasteiger partial charge in [0.25, 0.3) is 0 Å². The van der Waals surface area contributed by atoms with E-state index in [2.05, 4.69) is 37.7 Å². The summed E-state index contributed by atoms with van der Waals surface area (Å²) in [4.78, 5) is 14.6. The molecule has 5 nitrogen and oxygen atoms in total. The number of anilines is 2. The standard InChI is InChI=1S/C19H21N5S/c1-2-5-14(6-3-1)17-12-22-19(25-17)24-18-13-20-11-16(23-18)9-8-15-7-4-10-21-15/h1-3,5-6,11-13,15,21H,4,7-10H2,(H,22,23,24). The molecule has 2 aromatic heterocycles. The van der Waals surface area contributed by atoms with Crippen LogP contribution in [-0.2, 0) is 6.42 Å². The van der Waals surface area contributed by atoms with Crippen LogP contribution in [0.3, 0.4) is 0 Å². The van der Waals surface area contributed by atoms with Crippen LogP contribution in [0.2, 0.25) is 0 Å². The summed E-state index contributed by atoms with van der Waals surface area (Å²) >= 11 is 1.62. The van der Waals surface area contributed by atoms with Crippen LogP contribution in [0.4, 0.5) is 10.9 Å². The predicted molar refractivity (Wildman–Crippen MR) is 102 cm³/mol. The first-order valence-electron chi connectivity index (χ1n) is 8.69. The summed E-state index contributed by atoms with van der Waals surface area (Å²) in [7, 11) is 0. The van der Waals surface area contributed by atoms with Crippen molar-refractivity contribution < 1.29 is 0 Å². The zero-order valence-electron chi connectivity index (χ0n) is 14.0. The van der Waals surface area contributed by atoms with Crippen molar-refractivity contribution in [3.63, 3.8) is 0 Å². The van der Waals surface area contributed by atoms with Gasteiger partial charge in [0.15, 0.2) is 10.9 Å². The van der Waals surface area contributed by atoms with Gasteiger partial charge in [-0.05, 0) is 37.8 Å². The Morgan fingerprint density at radius 2 is 2.08 bits per heavy atom. The summed E-state index contributed by atoms with van der Waals surface area (Å²) in [5, 5.41) is 7.64. The first-order valence-corrected chi connectivity index (χ1v) is 9.51. The lowest BCUT2D eigenvalue weighted by Crippen LogP contribution is -2.21. The predicted octanol–water partition coefficient (Wildman–Crippen LogP) is 4.03. The zero-order chi connectivity index (χ0) is 16.9. The van der Waals surface area contributed by atoms with Crippen LogP contribution in [0.5, 0.6) is 0 Å². The van der Waals surface area contributed by atoms with Crippen LogP contribution in [0.15, 0.2) is 48.9 Å². The van der Waals surface area contributed by atoms with Crippen molar-refractivity contribution in [2.24, 2.45) is 0 Å². The van der Waals surface area contributed by atoms with E-state index in [-0.39, 0.29) is 0 Å². The molecule has 3 heterocycles. The van der Waals surface area contributed by atoms with Gasteiger partial charge in [-0.2, -0.15) is 0 Å². The monoisotopic (exact) mass is 351 g/mol. The van der Waals surface area contributed by atoms with Crippen LogP contribution in [0, 0.1) is 0 Å². The molecule has 0 aliphatic carbocycles. The number of rotatable bonds is 6. The van der Waals surface area contributed by atoms with Crippen molar-refractivity contribution in [2.45, 2.75) is 31.7 Å². The second kappa shape index (κ2) is 7.72. The number of nitrogens with one attached hydrogen (secondary N) is 2. The maximum absolute atomic E-state index is 4.68. The van der Waals surface area contributed by atoms with E-state index in [1.54, 1.807) is 17.5 Å². The summed E-state index contributed by atoms with van der Waals surface area (Å²) in [6, 6.07) is 10.9. The summed E-state index contributed by atoms with van der Waals surface area (Å²) < 4.78 is 0. The van der Waals surface area contributed by atoms with E-state index in [4.69, 9.17) is 0 Å². The maximum atomic E-state index is 4.68. The normalized spacial score (nSPS) is 16.9. The Kier molecular flexibility index (Phi) is 4.99. The Balaban J connectivity index is 1.40. The smallest absolute Gasteiger partial charge is 0.188 e. The number of hydrogen-bond acceptors (Lipinski definition) is 6. The highest BCUT2D eigenvalue weighted by molar-refractivity contribution is 7.18. The molecule has 3 aromatic rings. The van der Waals surface area contributed by atoms with Crippen LogP contribution in [0.1, 0.15) is 25.0 Å². The molecule has 1 aliphatic heterocycles. The molecule has 0 saturated carbocycles. The third-order valence-corrected chi connectivity index (χ3v) is 5.36. The van der Waals surface area contributed by atoms with Crippen LogP contribution >= 0.6 is 11.3 Å². The topological polar surface area (TPSA) is 62.7 Å². The summed E-state index contributed by atoms with van der Waals surface area (Å²) in [5.74, 6) is 0.755. The largest absolute Gasteiger partial charge is 0.315 e. The van der Waals surface area contributed by atoms with Gasteiger partial charge < -0.3 is 10.6 Å². The molecule has 1 unspecified atom stereocenters. The van der Waals surface area contributed by atoms with Gasteiger partial charge in [-0.15, -0.1) is 0 Å². The Morgan fingerprint density at radius 3 is 2.92 bits per heavy atom. The molecule has 2 N–H and O–H groups in total. The number of benzene rings is 1. The van der Waals surface area contributed by atoms with Crippen molar-refractivity contribution >= 4 is 22.3 Å². The highest BCUT2D eigenvalue weighted by Gasteiger charge is 2.14. The van der Waals surface area contributed by atoms with E-state index in [9.17, 15) is 0 Å². The van der Waals surface area contributed by atoms with Crippen molar-refractivity contribution in [1.82, 2.24) is 20.3 Å². The highest BCUT2D eigenvalue weighted by atomic mass is 32.1. The average Bonchev–Trinajstić information content (AvgIpc) is 3.33. The van der Waals surface area contributed by atoms with Gasteiger partial charge in [-0.3, -0.25) is 4.98 Å². The number of hydrogen-bond donors (Lipinski definition) is 2. The van der Waals surface area contributed by atoms with Crippen molar-refractivity contribution in [3.8, 4) is 10.4 Å². The molecule has 0 amide bonds. The third-order valence-electron chi connectivity index (χ3n) is 4.39. The van der Waals surface area contributed by atoms with Gasteiger partial charge in [-0.1, -0.05) is 41.7 Å². The number of aryl methyl sites for hydroxylation is 1. The lowest BCUT2D eigenvalue weighted by atomic mass is 10.1. The molecule has 1 fully saturated rings. The Morgan fingerprint density at radius 1 is 1.16 bits per heavy atom. The summed E-state index contributed by atoms with van der Waals surface area (Å²) in [6.45, 7) is 1.14. The van der Waals surface area contributed by atoms with Crippen molar-refractivity contribution in [2.75, 3.05) is 11.9 Å². The van der Waals surface area contributed by atoms with E-state index in [1.165, 1.54) is 18.4 Å². The molecule has 0 spiro atoms. The van der Waals surface area contributed by atoms with Crippen LogP contribution < -0.4 is 10.6 Å². The van der Waals surface area contributed by atoms with E-state index in [0.717, 1.165) is 40.9 Å². The molecular formula is C19H21N5S. The summed E-state index contributed by atoms with van der Waals surface area (Å²) in [6.07, 6.45) is 10.1. The second-order valence-corrected chi connectivity index (χ2v) is 7.28. The number of aromatic nitrogens is 3. The maximum Gasteiger partial charge on any atom is 0.188 e. The Bertz CT molecular complexity index is 811. The Labute approximate surface area is 151 Å². The minimum absolute atomic E-state index is 0.630. The molecule has 128 valence electrons. The van der Waals surface area contributed by atoms with E-state index in [1.807, 2.05) is 30.6 Å². The fourth-order valence-corrected chi connectivity index (χ4v) is 3.92. The molecule has 1 aliphatic rings. The zero-order valence-corrected chi connectivity index (χ0v) is 14.8. The fourth-order valence-electron chi connectivity index (χ4n) is 3.09. The van der Waals surface area contributed by atoms with Gasteiger partial charge in [0.05, 0.1) is 16.8 Å². The molecule has 25 heavy (non-hydrogen) atoms. The molecule has 0 bridgehead atoms. The molecule has 1 atom stereocenters. The van der Waals surface area contributed by atoms with E-state index >= 15 is 0 Å². The molecule has 1 saturated heterocycles. The SMILES string of the molecule is c1ccc(-c2cnc(Nc3cncc(CCC4CCCN4)n3)s2)cc1. The quantitative estimate of drug-likeness (QED) is 0.702. The first-order chi connectivity index (χ1) is 12.4. The molecule has 0 radical (unpaired) electrons. The minimum Gasteiger partial charge on any atom is -0.315 e. The number of thiazole rings is 1. The molecular weight excluding hydrogens is 330 g/mol. The third kappa shape index (κ3) is 4.21. The van der Waals surface area contributed by atoms with Gasteiger partial charge in [0, 0.05) is 18.4 Å². The second-order valence-electron chi connectivity index (χ2n) is 6.25. The highest BCUT2D eigenvalue weighted by Crippen LogP contribution is 2.29. The lowest BCUT2D eigenvalue weighted by Gasteiger charge is -2.09. The van der Waals surface area contributed by atoms with Gasteiger partial charge in [-0.25, -0.2) is 9.97 Å². The van der Waals surface area contributed by atoms with Gasteiger partial charge in [0.1, 0.15) is 0 Å². The minimum atomic E-state index is 0.630. The van der Waals surface area contributed by atoms with Gasteiger partial charge in [0.2, 0.25) is 0 Å². The van der Waals surface area contributed by atoms with Crippen LogP contribution in [0.25, 0.3) is 10.4 Å². The number of nitrogens with zero attached hydrogens (tertiary/aromatic N) is 3. The van der Waals surface area contributed by atoms with Crippen molar-refractivity contribution in [1.29, 1.82) is 0 Å². The lowest BCUT2D eigenvalue weighted by molar-refractivity contribution is 0.555. The fraction of sp³-hybridized carbons (Fsp3) is 0.316.